The second kappa shape index (κ2) is 7.15. The van der Waals surface area contributed by atoms with E-state index < -0.39 is 5.60 Å². The first-order valence-electron chi connectivity index (χ1n) is 8.06. The molecule has 0 amide bonds. The van der Waals surface area contributed by atoms with Gasteiger partial charge in [0.15, 0.2) is 0 Å². The number of ether oxygens (including phenoxy) is 2. The minimum absolute atomic E-state index is 0.299. The van der Waals surface area contributed by atoms with E-state index in [4.69, 9.17) is 9.47 Å². The number of hydrogen-bond acceptors (Lipinski definition) is 6. The first-order valence-corrected chi connectivity index (χ1v) is 8.06. The Bertz CT molecular complexity index is 677. The van der Waals surface area contributed by atoms with Gasteiger partial charge in [-0.05, 0) is 25.0 Å². The summed E-state index contributed by atoms with van der Waals surface area (Å²) >= 11 is 0. The fourth-order valence-electron chi connectivity index (χ4n) is 2.91. The van der Waals surface area contributed by atoms with Crippen molar-refractivity contribution in [2.24, 2.45) is 0 Å². The van der Waals surface area contributed by atoms with Gasteiger partial charge in [-0.25, -0.2) is 9.97 Å². The zero-order chi connectivity index (χ0) is 17.0. The monoisotopic (exact) mass is 329 g/mol. The molecule has 1 fully saturated rings. The Morgan fingerprint density at radius 2 is 2.00 bits per heavy atom. The van der Waals surface area contributed by atoms with Crippen molar-refractivity contribution in [2.45, 2.75) is 25.5 Å². The number of para-hydroxylation sites is 1. The molecule has 3 rings (SSSR count). The van der Waals surface area contributed by atoms with Gasteiger partial charge in [0.05, 0.1) is 7.11 Å². The first-order chi connectivity index (χ1) is 11.6. The third-order valence-electron chi connectivity index (χ3n) is 4.27. The molecule has 1 saturated heterocycles. The summed E-state index contributed by atoms with van der Waals surface area (Å²) in [6.45, 7) is 4.40. The highest BCUT2D eigenvalue weighted by Crippen LogP contribution is 2.25. The predicted octanol–water partition coefficient (Wildman–Crippen LogP) is 1.81. The maximum absolute atomic E-state index is 10.8. The van der Waals surface area contributed by atoms with E-state index >= 15 is 0 Å². The van der Waals surface area contributed by atoms with Crippen LogP contribution in [0, 0.1) is 6.92 Å². The van der Waals surface area contributed by atoms with E-state index in [1.54, 1.807) is 19.5 Å². The number of aromatic nitrogens is 2. The molecule has 0 saturated carbocycles. The number of aliphatic hydroxyl groups is 1. The van der Waals surface area contributed by atoms with Crippen molar-refractivity contribution in [2.75, 3.05) is 26.8 Å². The van der Waals surface area contributed by atoms with Crippen LogP contribution in [0.5, 0.6) is 11.8 Å². The highest BCUT2D eigenvalue weighted by Gasteiger charge is 2.37. The molecule has 1 aliphatic heterocycles. The average molecular weight is 329 g/mol. The van der Waals surface area contributed by atoms with Crippen molar-refractivity contribution in [1.82, 2.24) is 14.9 Å². The lowest BCUT2D eigenvalue weighted by molar-refractivity contribution is 0.00318. The smallest absolute Gasteiger partial charge is 0.316 e. The van der Waals surface area contributed by atoms with E-state index in [2.05, 4.69) is 14.9 Å². The molecule has 1 aromatic carbocycles. The summed E-state index contributed by atoms with van der Waals surface area (Å²) in [5.41, 5.74) is 1.25. The predicted molar refractivity (Wildman–Crippen MR) is 90.1 cm³/mol. The van der Waals surface area contributed by atoms with Crippen LogP contribution in [-0.4, -0.2) is 52.4 Å². The Balaban J connectivity index is 1.54. The Kier molecular flexibility index (Phi) is 4.97. The van der Waals surface area contributed by atoms with E-state index in [9.17, 15) is 5.11 Å². The number of β-amino-alcohol motifs (C(OH)–C–C–N with tert-alkyl or cyclic N) is 1. The van der Waals surface area contributed by atoms with Crippen LogP contribution in [0.4, 0.5) is 0 Å². The topological polar surface area (TPSA) is 67.7 Å². The summed E-state index contributed by atoms with van der Waals surface area (Å²) in [5.74, 6) is 0.827. The molecule has 6 heteroatoms. The van der Waals surface area contributed by atoms with Crippen LogP contribution < -0.4 is 9.47 Å². The molecule has 1 atom stereocenters. The molecular weight excluding hydrogens is 306 g/mol. The fraction of sp³-hybridized carbons (Fsp3) is 0.444. The second-order valence-corrected chi connectivity index (χ2v) is 6.32. The van der Waals surface area contributed by atoms with Crippen LogP contribution >= 0.6 is 0 Å². The van der Waals surface area contributed by atoms with Crippen molar-refractivity contribution in [3.63, 3.8) is 0 Å². The van der Waals surface area contributed by atoms with Gasteiger partial charge in [0.2, 0.25) is 0 Å². The summed E-state index contributed by atoms with van der Waals surface area (Å²) in [5, 5.41) is 10.8. The molecule has 2 aromatic rings. The average Bonchev–Trinajstić information content (AvgIpc) is 2.96. The van der Waals surface area contributed by atoms with Crippen LogP contribution in [0.25, 0.3) is 0 Å². The zero-order valence-electron chi connectivity index (χ0n) is 14.1. The second-order valence-electron chi connectivity index (χ2n) is 6.32. The molecule has 0 bridgehead atoms. The van der Waals surface area contributed by atoms with Gasteiger partial charge in [0.25, 0.3) is 0 Å². The van der Waals surface area contributed by atoms with Gasteiger partial charge in [-0.15, -0.1) is 0 Å². The summed E-state index contributed by atoms with van der Waals surface area (Å²) in [6, 6.07) is 8.22. The summed E-state index contributed by atoms with van der Waals surface area (Å²) < 4.78 is 10.8. The van der Waals surface area contributed by atoms with Gasteiger partial charge >= 0.3 is 6.01 Å². The van der Waals surface area contributed by atoms with E-state index in [-0.39, 0.29) is 0 Å². The van der Waals surface area contributed by atoms with Crippen LogP contribution in [0.3, 0.4) is 0 Å². The number of nitrogens with zero attached hydrogens (tertiary/aromatic N) is 3. The van der Waals surface area contributed by atoms with Gasteiger partial charge in [-0.2, -0.15) is 0 Å². The molecular formula is C18H23N3O3. The van der Waals surface area contributed by atoms with Gasteiger partial charge in [0.1, 0.15) is 18.0 Å². The number of rotatable bonds is 6. The lowest BCUT2D eigenvalue weighted by Crippen LogP contribution is -2.39. The molecule has 6 nitrogen and oxygen atoms in total. The molecule has 1 aromatic heterocycles. The van der Waals surface area contributed by atoms with Crippen molar-refractivity contribution in [3.8, 4) is 11.8 Å². The first kappa shape index (κ1) is 16.7. The lowest BCUT2D eigenvalue weighted by atomic mass is 10.1. The number of hydrogen-bond donors (Lipinski definition) is 1. The SMILES string of the molecule is COc1ncc(CN2CC[C@@](O)(COc3ccccc3C)C2)cn1. The molecule has 0 aliphatic carbocycles. The van der Waals surface area contributed by atoms with Crippen LogP contribution in [0.15, 0.2) is 36.7 Å². The van der Waals surface area contributed by atoms with E-state index in [1.807, 2.05) is 31.2 Å². The van der Waals surface area contributed by atoms with Crippen LogP contribution in [0.1, 0.15) is 17.5 Å². The van der Waals surface area contributed by atoms with Gasteiger partial charge in [-0.1, -0.05) is 18.2 Å². The minimum atomic E-state index is -0.824. The normalized spacial score (nSPS) is 21.0. The standard InChI is InChI=1S/C18H23N3O3/c1-14-5-3-4-6-16(14)24-13-18(22)7-8-21(12-18)11-15-9-19-17(23-2)20-10-15/h3-6,9-10,22H,7-8,11-13H2,1-2H3/t18-/m0/s1. The Morgan fingerprint density at radius 3 is 2.71 bits per heavy atom. The number of methoxy groups -OCH3 is 1. The van der Waals surface area contributed by atoms with E-state index in [0.29, 0.717) is 32.1 Å². The van der Waals surface area contributed by atoms with E-state index in [0.717, 1.165) is 23.4 Å². The Hall–Kier alpha value is -2.18. The quantitative estimate of drug-likeness (QED) is 0.872. The fourth-order valence-corrected chi connectivity index (χ4v) is 2.91. The largest absolute Gasteiger partial charge is 0.490 e. The Labute approximate surface area is 142 Å². The molecule has 1 N–H and O–H groups in total. The molecule has 1 aliphatic rings. The molecule has 0 spiro atoms. The van der Waals surface area contributed by atoms with Gasteiger partial charge in [0, 0.05) is 37.6 Å². The zero-order valence-corrected chi connectivity index (χ0v) is 14.1. The van der Waals surface area contributed by atoms with Crippen LogP contribution in [0.2, 0.25) is 0 Å². The summed E-state index contributed by atoms with van der Waals surface area (Å²) in [7, 11) is 1.55. The summed E-state index contributed by atoms with van der Waals surface area (Å²) in [6.07, 6.45) is 4.20. The van der Waals surface area contributed by atoms with E-state index in [1.165, 1.54) is 0 Å². The molecule has 0 unspecified atom stereocenters. The lowest BCUT2D eigenvalue weighted by Gasteiger charge is -2.24. The maximum Gasteiger partial charge on any atom is 0.316 e. The molecule has 0 radical (unpaired) electrons. The molecule has 128 valence electrons. The highest BCUT2D eigenvalue weighted by molar-refractivity contribution is 5.31. The number of benzene rings is 1. The Morgan fingerprint density at radius 1 is 1.25 bits per heavy atom. The highest BCUT2D eigenvalue weighted by atomic mass is 16.5. The van der Waals surface area contributed by atoms with Crippen molar-refractivity contribution >= 4 is 0 Å². The molecule has 2 heterocycles. The number of aryl methyl sites for hydroxylation is 1. The number of likely N-dealkylation sites (tertiary alicyclic amines) is 1. The van der Waals surface area contributed by atoms with Crippen molar-refractivity contribution in [3.05, 3.63) is 47.8 Å². The molecule has 24 heavy (non-hydrogen) atoms. The summed E-state index contributed by atoms with van der Waals surface area (Å²) in [4.78, 5) is 10.4. The third-order valence-corrected chi connectivity index (χ3v) is 4.27. The third kappa shape index (κ3) is 4.01. The van der Waals surface area contributed by atoms with Gasteiger partial charge in [-0.3, -0.25) is 4.90 Å². The maximum atomic E-state index is 10.8. The van der Waals surface area contributed by atoms with Gasteiger partial charge < -0.3 is 14.6 Å². The minimum Gasteiger partial charge on any atom is -0.490 e. The van der Waals surface area contributed by atoms with Crippen molar-refractivity contribution in [1.29, 1.82) is 0 Å². The van der Waals surface area contributed by atoms with Crippen molar-refractivity contribution < 1.29 is 14.6 Å². The van der Waals surface area contributed by atoms with Crippen LogP contribution in [-0.2, 0) is 6.54 Å².